The van der Waals surface area contributed by atoms with E-state index in [0.717, 1.165) is 11.8 Å². The van der Waals surface area contributed by atoms with Crippen molar-refractivity contribution in [3.05, 3.63) is 142 Å². The third-order valence-corrected chi connectivity index (χ3v) is 8.97. The van der Waals surface area contributed by atoms with Gasteiger partial charge in [-0.05, 0) is 69.2 Å². The molecule has 0 spiro atoms. The third kappa shape index (κ3) is 10.2. The van der Waals surface area contributed by atoms with Gasteiger partial charge in [0.15, 0.2) is 5.41 Å². The van der Waals surface area contributed by atoms with Crippen LogP contribution in [-0.4, -0.2) is 55.8 Å². The second-order valence-corrected chi connectivity index (χ2v) is 13.8. The zero-order valence-electron chi connectivity index (χ0n) is 29.8. The van der Waals surface area contributed by atoms with E-state index in [4.69, 9.17) is 9.47 Å². The molecule has 1 heterocycles. The Morgan fingerprint density at radius 1 is 0.792 bits per heavy atom. The molecule has 1 aromatic heterocycles. The van der Waals surface area contributed by atoms with Crippen LogP contribution in [0.25, 0.3) is 0 Å². The Balaban J connectivity index is 1.87. The van der Waals surface area contributed by atoms with E-state index in [9.17, 15) is 39.5 Å². The Hall–Kier alpha value is -6.11. The summed E-state index contributed by atoms with van der Waals surface area (Å²) in [6.45, 7) is 4.67. The fourth-order valence-electron chi connectivity index (χ4n) is 6.19. The number of nitro groups is 1. The number of pyridine rings is 1. The van der Waals surface area contributed by atoms with Gasteiger partial charge in [0, 0.05) is 12.5 Å². The van der Waals surface area contributed by atoms with Crippen LogP contribution in [0, 0.1) is 15.5 Å². The summed E-state index contributed by atoms with van der Waals surface area (Å²) in [5.41, 5.74) is -3.71. The van der Waals surface area contributed by atoms with E-state index in [1.807, 2.05) is 30.3 Å². The third-order valence-electron chi connectivity index (χ3n) is 8.97. The van der Waals surface area contributed by atoms with Crippen molar-refractivity contribution in [2.45, 2.75) is 76.5 Å². The van der Waals surface area contributed by atoms with Crippen molar-refractivity contribution in [2.75, 3.05) is 0 Å². The van der Waals surface area contributed by atoms with Gasteiger partial charge in [-0.15, -0.1) is 0 Å². The Labute approximate surface area is 307 Å². The first kappa shape index (κ1) is 39.7. The van der Waals surface area contributed by atoms with Crippen molar-refractivity contribution in [3.8, 4) is 0 Å². The number of hydrogen-bond donors (Lipinski definition) is 3. The molecule has 13 nitrogen and oxygen atoms in total. The summed E-state index contributed by atoms with van der Waals surface area (Å²) in [7, 11) is 0. The predicted octanol–water partition coefficient (Wildman–Crippen LogP) is 6.68. The van der Waals surface area contributed by atoms with Gasteiger partial charge in [0.25, 0.3) is 5.69 Å². The Morgan fingerprint density at radius 2 is 1.34 bits per heavy atom. The molecule has 4 rings (SSSR count). The molecule has 2 atom stereocenters. The molecule has 13 heteroatoms. The molecule has 278 valence electrons. The number of carboxylic acid groups (broad SMARTS) is 2. The van der Waals surface area contributed by atoms with Gasteiger partial charge < -0.3 is 25.0 Å². The summed E-state index contributed by atoms with van der Waals surface area (Å²) in [6, 6.07) is 27.1. The van der Waals surface area contributed by atoms with Crippen LogP contribution in [0.15, 0.2) is 109 Å². The number of nitrogens with zero attached hydrogens (tertiary/aromatic N) is 2. The zero-order chi connectivity index (χ0) is 38.6. The highest BCUT2D eigenvalue weighted by molar-refractivity contribution is 6.00. The molecule has 0 aliphatic heterocycles. The topological polar surface area (TPSA) is 195 Å². The number of carboxylic acids is 2. The zero-order valence-corrected chi connectivity index (χ0v) is 29.8. The maximum atomic E-state index is 14.6. The van der Waals surface area contributed by atoms with Gasteiger partial charge in [-0.25, -0.2) is 4.79 Å². The van der Waals surface area contributed by atoms with E-state index in [1.165, 1.54) is 12.1 Å². The van der Waals surface area contributed by atoms with Gasteiger partial charge in [-0.3, -0.25) is 29.5 Å². The number of carbonyl (C=O) groups excluding carboxylic acids is 2. The number of benzene rings is 3. The fourth-order valence-corrected chi connectivity index (χ4v) is 6.19. The minimum Gasteiger partial charge on any atom is -0.480 e. The Bertz CT molecular complexity index is 1850. The summed E-state index contributed by atoms with van der Waals surface area (Å²) >= 11 is 0. The highest BCUT2D eigenvalue weighted by Crippen LogP contribution is 2.40. The molecule has 4 aromatic rings. The first-order valence-corrected chi connectivity index (χ1v) is 17.0. The number of esters is 1. The Kier molecular flexibility index (Phi) is 13.0. The van der Waals surface area contributed by atoms with Gasteiger partial charge in [0.1, 0.15) is 23.8 Å². The van der Waals surface area contributed by atoms with Crippen LogP contribution in [0.4, 0.5) is 10.5 Å². The summed E-state index contributed by atoms with van der Waals surface area (Å²) in [5.74, 6) is -4.20. The number of carbonyl (C=O) groups is 4. The van der Waals surface area contributed by atoms with Crippen molar-refractivity contribution in [2.24, 2.45) is 5.41 Å². The summed E-state index contributed by atoms with van der Waals surface area (Å²) in [6.07, 6.45) is -0.921. The molecule has 0 aliphatic rings. The van der Waals surface area contributed by atoms with Crippen molar-refractivity contribution in [3.63, 3.8) is 0 Å². The van der Waals surface area contributed by atoms with Crippen molar-refractivity contribution >= 4 is 29.7 Å². The maximum Gasteiger partial charge on any atom is 0.407 e. The molecule has 1 unspecified atom stereocenters. The van der Waals surface area contributed by atoms with Crippen LogP contribution in [0.5, 0.6) is 0 Å². The van der Waals surface area contributed by atoms with Crippen molar-refractivity contribution < 1.29 is 43.8 Å². The second kappa shape index (κ2) is 17.4. The number of rotatable bonds is 17. The number of alkyl carbamates (subject to hydrolysis) is 1. The average molecular weight is 726 g/mol. The Morgan fingerprint density at radius 3 is 1.83 bits per heavy atom. The minimum absolute atomic E-state index is 0.0282. The largest absolute Gasteiger partial charge is 0.480 e. The lowest BCUT2D eigenvalue weighted by molar-refractivity contribution is -0.385. The van der Waals surface area contributed by atoms with E-state index >= 15 is 0 Å². The van der Waals surface area contributed by atoms with E-state index < -0.39 is 64.2 Å². The summed E-state index contributed by atoms with van der Waals surface area (Å²) < 4.78 is 11.4. The van der Waals surface area contributed by atoms with Gasteiger partial charge in [0.2, 0.25) is 0 Å². The molecule has 0 bridgehead atoms. The quantitative estimate of drug-likeness (QED) is 0.0455. The standard InChI is InChI=1S/C40H43N3O10/c1-38(2,3)53-37(49)42-33(40(34(44)45,35(46)47)25-29-15-9-5-10-16-29)22-24-39(23-21-28-13-7-4-8-14-28,32-20-19-31(26-41-32)43(50)51)36(48)52-27-30-17-11-6-12-18-30/h4-20,26,33H,21-25,27H2,1-3H3,(H,42,49)(H,44,45)(H,46,47)/t33-,39?/m0/s1. The van der Waals surface area contributed by atoms with Crippen LogP contribution >= 0.6 is 0 Å². The number of aryl methyl sites for hydroxylation is 1. The van der Waals surface area contributed by atoms with E-state index in [2.05, 4.69) is 10.3 Å². The van der Waals surface area contributed by atoms with Crippen LogP contribution in [0.1, 0.15) is 62.4 Å². The SMILES string of the molecule is CC(C)(C)OC(=O)N[C@@H](CCC(CCc1ccccc1)(C(=O)OCc1ccccc1)c1ccc([N+](=O)[O-])cn1)C(Cc1ccccc1)(C(=O)O)C(=O)O. The number of nitrogens with one attached hydrogen (secondary N) is 1. The smallest absolute Gasteiger partial charge is 0.407 e. The van der Waals surface area contributed by atoms with Gasteiger partial charge in [-0.2, -0.15) is 0 Å². The number of amides is 1. The van der Waals surface area contributed by atoms with Gasteiger partial charge >= 0.3 is 24.0 Å². The second-order valence-electron chi connectivity index (χ2n) is 13.8. The molecule has 1 amide bonds. The molecule has 3 aromatic carbocycles. The number of aromatic nitrogens is 1. The number of hydrogen-bond acceptors (Lipinski definition) is 9. The molecule has 53 heavy (non-hydrogen) atoms. The normalized spacial score (nSPS) is 13.2. The van der Waals surface area contributed by atoms with Crippen LogP contribution in [0.3, 0.4) is 0 Å². The monoisotopic (exact) mass is 725 g/mol. The first-order chi connectivity index (χ1) is 25.2. The molecule has 0 aliphatic carbocycles. The fraction of sp³-hybridized carbons (Fsp3) is 0.325. The van der Waals surface area contributed by atoms with Crippen molar-refractivity contribution in [1.29, 1.82) is 0 Å². The first-order valence-electron chi connectivity index (χ1n) is 17.0. The molecular weight excluding hydrogens is 682 g/mol. The number of ether oxygens (including phenoxy) is 2. The minimum atomic E-state index is -2.64. The average Bonchev–Trinajstić information content (AvgIpc) is 3.13. The lowest BCUT2D eigenvalue weighted by atomic mass is 9.69. The molecule has 0 radical (unpaired) electrons. The molecule has 3 N–H and O–H groups in total. The highest BCUT2D eigenvalue weighted by atomic mass is 16.6. The lowest BCUT2D eigenvalue weighted by Crippen LogP contribution is -2.58. The van der Waals surface area contributed by atoms with Gasteiger partial charge in [0.05, 0.1) is 16.7 Å². The van der Waals surface area contributed by atoms with Gasteiger partial charge in [-0.1, -0.05) is 91.0 Å². The lowest BCUT2D eigenvalue weighted by Gasteiger charge is -2.38. The molecule has 0 fully saturated rings. The van der Waals surface area contributed by atoms with E-state index in [0.29, 0.717) is 11.1 Å². The van der Waals surface area contributed by atoms with Crippen LogP contribution < -0.4 is 5.32 Å². The van der Waals surface area contributed by atoms with Crippen LogP contribution in [-0.2, 0) is 48.7 Å². The summed E-state index contributed by atoms with van der Waals surface area (Å²) in [5, 5.41) is 35.6. The van der Waals surface area contributed by atoms with Crippen LogP contribution in [0.2, 0.25) is 0 Å². The molecular formula is C40H43N3O10. The highest BCUT2D eigenvalue weighted by Gasteiger charge is 2.55. The predicted molar refractivity (Wildman–Crippen MR) is 194 cm³/mol. The summed E-state index contributed by atoms with van der Waals surface area (Å²) in [4.78, 5) is 69.7. The van der Waals surface area contributed by atoms with Crippen molar-refractivity contribution in [1.82, 2.24) is 10.3 Å². The maximum absolute atomic E-state index is 14.6. The molecule has 0 saturated heterocycles. The molecule has 0 saturated carbocycles. The van der Waals surface area contributed by atoms with E-state index in [1.54, 1.807) is 81.4 Å². The van der Waals surface area contributed by atoms with E-state index in [-0.39, 0.29) is 37.3 Å². The number of aliphatic carboxylic acids is 2.